The molecule has 3 N–H and O–H groups in total. The van der Waals surface area contributed by atoms with Crippen LogP contribution in [0.15, 0.2) is 36.5 Å². The van der Waals surface area contributed by atoms with Gasteiger partial charge in [0.05, 0.1) is 10.0 Å². The van der Waals surface area contributed by atoms with Crippen LogP contribution in [0.4, 0.5) is 10.7 Å². The van der Waals surface area contributed by atoms with E-state index in [4.69, 9.17) is 11.6 Å². The Kier molecular flexibility index (Phi) is 6.31. The highest BCUT2D eigenvalue weighted by Crippen LogP contribution is 2.28. The van der Waals surface area contributed by atoms with Crippen LogP contribution >= 0.6 is 22.9 Å². The number of H-pyrrole nitrogens is 1. The fourth-order valence-electron chi connectivity index (χ4n) is 2.95. The maximum absolute atomic E-state index is 12.4. The second kappa shape index (κ2) is 8.52. The molecule has 27 heavy (non-hydrogen) atoms. The molecule has 2 aromatic heterocycles. The van der Waals surface area contributed by atoms with Crippen LogP contribution in [0.3, 0.4) is 0 Å². The summed E-state index contributed by atoms with van der Waals surface area (Å²) in [7, 11) is -3.74. The molecule has 2 heterocycles. The van der Waals surface area contributed by atoms with Crippen molar-refractivity contribution in [3.8, 4) is 0 Å². The molecule has 0 amide bonds. The molecule has 6 nitrogen and oxygen atoms in total. The summed E-state index contributed by atoms with van der Waals surface area (Å²) in [6.45, 7) is 7.31. The Balaban J connectivity index is 1.76. The first-order valence-electron chi connectivity index (χ1n) is 8.78. The molecular weight excluding hydrogens is 404 g/mol. The lowest BCUT2D eigenvalue weighted by Crippen LogP contribution is -2.25. The Hall–Kier alpha value is -1.74. The molecule has 0 saturated carbocycles. The molecule has 0 saturated heterocycles. The highest BCUT2D eigenvalue weighted by molar-refractivity contribution is 7.94. The SMILES string of the molecule is CCN(CC)CCc1c[nH]c2ccc(NS(=O)(=O)Nc3ccc(Cl)s3)cc12. The maximum atomic E-state index is 12.4. The Morgan fingerprint density at radius 2 is 1.93 bits per heavy atom. The minimum atomic E-state index is -3.74. The van der Waals surface area contributed by atoms with E-state index in [9.17, 15) is 8.42 Å². The van der Waals surface area contributed by atoms with Gasteiger partial charge >= 0.3 is 10.2 Å². The summed E-state index contributed by atoms with van der Waals surface area (Å²) >= 11 is 7.02. The van der Waals surface area contributed by atoms with E-state index in [-0.39, 0.29) is 0 Å². The molecule has 146 valence electrons. The molecule has 0 atom stereocenters. The van der Waals surface area contributed by atoms with Crippen LogP contribution in [0.25, 0.3) is 10.9 Å². The van der Waals surface area contributed by atoms with E-state index >= 15 is 0 Å². The van der Waals surface area contributed by atoms with Crippen LogP contribution in [0, 0.1) is 0 Å². The number of hydrogen-bond donors (Lipinski definition) is 3. The normalized spacial score (nSPS) is 12.0. The molecule has 3 aromatic rings. The van der Waals surface area contributed by atoms with Gasteiger partial charge in [-0.15, -0.1) is 11.3 Å². The van der Waals surface area contributed by atoms with Crippen LogP contribution in [-0.2, 0) is 16.6 Å². The van der Waals surface area contributed by atoms with Gasteiger partial charge < -0.3 is 9.88 Å². The maximum Gasteiger partial charge on any atom is 0.322 e. The lowest BCUT2D eigenvalue weighted by molar-refractivity contribution is 0.308. The summed E-state index contributed by atoms with van der Waals surface area (Å²) in [6, 6.07) is 8.78. The van der Waals surface area contributed by atoms with E-state index in [1.807, 2.05) is 18.3 Å². The van der Waals surface area contributed by atoms with E-state index in [0.717, 1.165) is 37.0 Å². The number of likely N-dealkylation sites (N-methyl/N-ethyl adjacent to an activating group) is 1. The Bertz CT molecular complexity index is 1010. The summed E-state index contributed by atoms with van der Waals surface area (Å²) in [5.74, 6) is 0. The van der Waals surface area contributed by atoms with E-state index in [1.165, 1.54) is 16.9 Å². The standard InChI is InChI=1S/C18H23ClN4O2S2/c1-3-23(4-2)10-9-13-12-20-16-6-5-14(11-15(13)16)21-27(24,25)22-18-8-7-17(19)26-18/h5-8,11-12,20-22H,3-4,9-10H2,1-2H3. The smallest absolute Gasteiger partial charge is 0.322 e. The lowest BCUT2D eigenvalue weighted by atomic mass is 10.1. The number of benzene rings is 1. The Morgan fingerprint density at radius 3 is 2.59 bits per heavy atom. The van der Waals surface area contributed by atoms with Crippen molar-refractivity contribution in [2.24, 2.45) is 0 Å². The first-order chi connectivity index (χ1) is 12.9. The molecule has 0 aliphatic rings. The summed E-state index contributed by atoms with van der Waals surface area (Å²) in [6.07, 6.45) is 2.90. The molecule has 0 aliphatic heterocycles. The van der Waals surface area contributed by atoms with Gasteiger partial charge in [-0.3, -0.25) is 9.44 Å². The number of halogens is 1. The van der Waals surface area contributed by atoms with Crippen LogP contribution in [0.1, 0.15) is 19.4 Å². The molecule has 0 unspecified atom stereocenters. The molecule has 9 heteroatoms. The number of aromatic nitrogens is 1. The first-order valence-corrected chi connectivity index (χ1v) is 11.5. The second-order valence-corrected chi connectivity index (χ2v) is 9.29. The average molecular weight is 427 g/mol. The zero-order valence-corrected chi connectivity index (χ0v) is 17.6. The highest BCUT2D eigenvalue weighted by Gasteiger charge is 2.13. The molecule has 0 aliphatic carbocycles. The third-order valence-corrected chi connectivity index (χ3v) is 6.69. The third-order valence-electron chi connectivity index (χ3n) is 4.42. The van der Waals surface area contributed by atoms with Crippen LogP contribution < -0.4 is 9.44 Å². The minimum absolute atomic E-state index is 0.468. The van der Waals surface area contributed by atoms with Gasteiger partial charge in [-0.2, -0.15) is 8.42 Å². The number of anilines is 2. The summed E-state index contributed by atoms with van der Waals surface area (Å²) < 4.78 is 30.3. The van der Waals surface area contributed by atoms with Crippen LogP contribution in [-0.4, -0.2) is 37.9 Å². The predicted molar refractivity (Wildman–Crippen MR) is 115 cm³/mol. The Labute approximate surface area is 168 Å². The first kappa shape index (κ1) is 20.0. The van der Waals surface area contributed by atoms with Crippen molar-refractivity contribution in [1.82, 2.24) is 9.88 Å². The van der Waals surface area contributed by atoms with Crippen molar-refractivity contribution < 1.29 is 8.42 Å². The van der Waals surface area contributed by atoms with Gasteiger partial charge in [-0.1, -0.05) is 25.4 Å². The molecular formula is C18H23ClN4O2S2. The third kappa shape index (κ3) is 5.16. The molecule has 0 fully saturated rings. The number of fused-ring (bicyclic) bond motifs is 1. The number of aromatic amines is 1. The van der Waals surface area contributed by atoms with Gasteiger partial charge in [0.25, 0.3) is 0 Å². The minimum Gasteiger partial charge on any atom is -0.361 e. The van der Waals surface area contributed by atoms with E-state index in [2.05, 4.69) is 33.2 Å². The molecule has 0 bridgehead atoms. The van der Waals surface area contributed by atoms with Crippen LogP contribution in [0.5, 0.6) is 0 Å². The number of thiophene rings is 1. The van der Waals surface area contributed by atoms with E-state index < -0.39 is 10.2 Å². The Morgan fingerprint density at radius 1 is 1.15 bits per heavy atom. The number of hydrogen-bond acceptors (Lipinski definition) is 4. The summed E-state index contributed by atoms with van der Waals surface area (Å²) in [5.41, 5.74) is 2.68. The van der Waals surface area contributed by atoms with E-state index in [1.54, 1.807) is 18.2 Å². The fraction of sp³-hybridized carbons (Fsp3) is 0.333. The summed E-state index contributed by atoms with van der Waals surface area (Å²) in [5, 5.41) is 1.50. The van der Waals surface area contributed by atoms with Crippen molar-refractivity contribution in [2.45, 2.75) is 20.3 Å². The predicted octanol–water partition coefficient (Wildman–Crippen LogP) is 4.54. The summed E-state index contributed by atoms with van der Waals surface area (Å²) in [4.78, 5) is 5.62. The molecule has 3 rings (SSSR count). The van der Waals surface area contributed by atoms with Gasteiger partial charge in [0.15, 0.2) is 0 Å². The molecule has 0 spiro atoms. The average Bonchev–Trinajstić information content (AvgIpc) is 3.21. The fourth-order valence-corrected chi connectivity index (χ4v) is 5.06. The van der Waals surface area contributed by atoms with Gasteiger partial charge in [-0.25, -0.2) is 0 Å². The zero-order valence-electron chi connectivity index (χ0n) is 15.3. The number of nitrogens with zero attached hydrogens (tertiary/aromatic N) is 1. The largest absolute Gasteiger partial charge is 0.361 e. The number of rotatable bonds is 9. The van der Waals surface area contributed by atoms with E-state index in [0.29, 0.717) is 15.0 Å². The van der Waals surface area contributed by atoms with Crippen molar-refractivity contribution in [3.63, 3.8) is 0 Å². The second-order valence-electron chi connectivity index (χ2n) is 6.16. The highest BCUT2D eigenvalue weighted by atomic mass is 35.5. The zero-order chi connectivity index (χ0) is 19.4. The topological polar surface area (TPSA) is 77.2 Å². The quantitative estimate of drug-likeness (QED) is 0.470. The van der Waals surface area contributed by atoms with Crippen molar-refractivity contribution in [2.75, 3.05) is 29.1 Å². The van der Waals surface area contributed by atoms with Crippen molar-refractivity contribution in [3.05, 3.63) is 46.4 Å². The van der Waals surface area contributed by atoms with Gasteiger partial charge in [0.2, 0.25) is 0 Å². The lowest BCUT2D eigenvalue weighted by Gasteiger charge is -2.17. The van der Waals surface area contributed by atoms with Crippen LogP contribution in [0.2, 0.25) is 4.34 Å². The van der Waals surface area contributed by atoms with Crippen molar-refractivity contribution >= 4 is 54.7 Å². The van der Waals surface area contributed by atoms with Gasteiger partial charge in [0, 0.05) is 23.6 Å². The molecule has 0 radical (unpaired) electrons. The number of nitrogens with one attached hydrogen (secondary N) is 3. The van der Waals surface area contributed by atoms with Crippen molar-refractivity contribution in [1.29, 1.82) is 0 Å². The molecule has 1 aromatic carbocycles. The van der Waals surface area contributed by atoms with Gasteiger partial charge in [-0.05, 0) is 55.4 Å². The monoisotopic (exact) mass is 426 g/mol. The van der Waals surface area contributed by atoms with Gasteiger partial charge in [0.1, 0.15) is 5.00 Å².